The highest BCUT2D eigenvalue weighted by Gasteiger charge is 2.36. The lowest BCUT2D eigenvalue weighted by atomic mass is 10.00. The lowest BCUT2D eigenvalue weighted by molar-refractivity contribution is -0.136. The maximum absolute atomic E-state index is 14.8. The summed E-state index contributed by atoms with van der Waals surface area (Å²) in [6.45, 7) is 4.80. The van der Waals surface area contributed by atoms with E-state index in [-0.39, 0.29) is 49.5 Å². The number of carbonyl (C=O) groups excluding carboxylic acids is 8. The average molecular weight is 1320 g/mol. The number of aromatic hydroxyl groups is 1. The smallest absolute Gasteiger partial charge is 0.244 e. The van der Waals surface area contributed by atoms with Crippen LogP contribution in [0.3, 0.4) is 0 Å². The van der Waals surface area contributed by atoms with Gasteiger partial charge >= 0.3 is 0 Å². The number of phenolic OH excluding ortho intramolecular Hbond substituents is 1. The number of hydrogen-bond acceptors (Lipinski definition) is 15. The molecule has 0 bridgehead atoms. The van der Waals surface area contributed by atoms with Gasteiger partial charge in [0.15, 0.2) is 0 Å². The van der Waals surface area contributed by atoms with E-state index >= 15 is 0 Å². The van der Waals surface area contributed by atoms with Gasteiger partial charge in [-0.15, -0.1) is 0 Å². The van der Waals surface area contributed by atoms with Gasteiger partial charge in [-0.25, -0.2) is 0 Å². The Morgan fingerprint density at radius 1 is 0.632 bits per heavy atom. The lowest BCUT2D eigenvalue weighted by Crippen LogP contribution is -2.62. The fourth-order valence-corrected chi connectivity index (χ4v) is 9.55. The molecule has 0 saturated carbocycles. The minimum Gasteiger partial charge on any atom is -0.507 e. The van der Waals surface area contributed by atoms with Crippen LogP contribution in [0.2, 0.25) is 0 Å². The van der Waals surface area contributed by atoms with Crippen LogP contribution in [0, 0.1) is 13.1 Å². The fraction of sp³-hybridized carbons (Fsp3) is 0.440. The molecule has 0 spiro atoms. The molecule has 0 aliphatic heterocycles. The number of benzene rings is 3. The monoisotopic (exact) mass is 1310 g/mol. The van der Waals surface area contributed by atoms with Gasteiger partial charge in [-0.3, -0.25) is 38.4 Å². The van der Waals surface area contributed by atoms with Gasteiger partial charge in [-0.2, -0.15) is 25.3 Å². The van der Waals surface area contributed by atoms with E-state index in [1.54, 1.807) is 56.4 Å². The Bertz CT molecular complexity index is 2700. The molecule has 0 saturated heterocycles. The predicted octanol–water partition coefficient (Wildman–Crippen LogP) is -0.0756. The van der Waals surface area contributed by atoms with Crippen LogP contribution in [0.4, 0.5) is 5.69 Å². The molecule has 0 unspecified atom stereocenters. The summed E-state index contributed by atoms with van der Waals surface area (Å²) in [6, 6.07) is 6.61. The van der Waals surface area contributed by atoms with Crippen molar-refractivity contribution < 1.29 is 48.6 Å². The summed E-state index contributed by atoms with van der Waals surface area (Å²) in [5.74, 6) is -7.56. The lowest BCUT2D eigenvalue weighted by Gasteiger charge is -2.29. The van der Waals surface area contributed by atoms with Gasteiger partial charge in [0, 0.05) is 50.7 Å². The maximum Gasteiger partial charge on any atom is 0.244 e. The fourth-order valence-electron chi connectivity index (χ4n) is 7.88. The average Bonchev–Trinajstić information content (AvgIpc) is 3.78. The van der Waals surface area contributed by atoms with Crippen molar-refractivity contribution >= 4 is 134 Å². The second-order valence-corrected chi connectivity index (χ2v) is 21.6. The van der Waals surface area contributed by atoms with Crippen LogP contribution in [-0.2, 0) is 57.6 Å². The molecular formula is C50H68I2N12O10S2. The molecule has 4 aromatic rings. The van der Waals surface area contributed by atoms with E-state index in [0.717, 1.165) is 20.0 Å². The molecule has 22 nitrogen and oxygen atoms in total. The summed E-state index contributed by atoms with van der Waals surface area (Å²) in [5.41, 5.74) is 26.5. The molecule has 18 N–H and O–H groups in total. The topological polar surface area (TPSA) is 381 Å². The summed E-state index contributed by atoms with van der Waals surface area (Å²) in [4.78, 5) is 113. The van der Waals surface area contributed by atoms with Crippen molar-refractivity contribution in [2.24, 2.45) is 23.1 Å². The van der Waals surface area contributed by atoms with Gasteiger partial charge in [-0.05, 0) is 137 Å². The van der Waals surface area contributed by atoms with Crippen molar-refractivity contribution in [3.05, 3.63) is 90.7 Å². The van der Waals surface area contributed by atoms with Crippen molar-refractivity contribution in [1.82, 2.24) is 42.2 Å². The SMILES string of the molecule is CC(C)[C@H](NC(=O)[C@H](CCCCN)NC(=O)[C@@H](Cc1c[nH]c2ccccc12)NC(=O)[C@H](Cc1ccc(O)c(I)c1)NC(=O)[C@H](CS)NC(=O)[C@H](N)Cc1ccc(N)c(I)c1)C(=O)N[C@@H](CS)C(=O)N[C@H](C(N)=O)[C@@H](C)O. The summed E-state index contributed by atoms with van der Waals surface area (Å²) in [7, 11) is 0. The van der Waals surface area contributed by atoms with Gasteiger partial charge in [0.25, 0.3) is 0 Å². The van der Waals surface area contributed by atoms with Crippen molar-refractivity contribution in [1.29, 1.82) is 0 Å². The molecule has 26 heteroatoms. The molecule has 9 atom stereocenters. The van der Waals surface area contributed by atoms with E-state index in [9.17, 15) is 48.6 Å². The molecule has 4 rings (SSSR count). The molecule has 0 fully saturated rings. The number of unbranched alkanes of at least 4 members (excludes halogenated alkanes) is 1. The van der Waals surface area contributed by atoms with Crippen LogP contribution in [0.5, 0.6) is 5.75 Å². The number of H-pyrrole nitrogens is 1. The molecule has 76 heavy (non-hydrogen) atoms. The molecule has 0 aliphatic rings. The number of nitrogen functional groups attached to an aromatic ring is 1. The van der Waals surface area contributed by atoms with E-state index < -0.39 is 108 Å². The first-order valence-electron chi connectivity index (χ1n) is 24.3. The minimum absolute atomic E-state index is 0.0175. The number of nitrogens with one attached hydrogen (secondary N) is 8. The number of halogens is 2. The number of para-hydroxylation sites is 1. The highest BCUT2D eigenvalue weighted by atomic mass is 127. The van der Waals surface area contributed by atoms with E-state index in [1.807, 2.05) is 40.8 Å². The Morgan fingerprint density at radius 2 is 1.14 bits per heavy atom. The van der Waals surface area contributed by atoms with Crippen LogP contribution >= 0.6 is 70.4 Å². The number of aromatic amines is 1. The first-order valence-corrected chi connectivity index (χ1v) is 27.7. The van der Waals surface area contributed by atoms with E-state index in [2.05, 4.69) is 90.0 Å². The number of rotatable bonds is 29. The highest BCUT2D eigenvalue weighted by Crippen LogP contribution is 2.23. The Balaban J connectivity index is 1.64. The maximum atomic E-state index is 14.8. The van der Waals surface area contributed by atoms with Crippen LogP contribution in [0.1, 0.15) is 56.7 Å². The van der Waals surface area contributed by atoms with Gasteiger partial charge < -0.3 is 75.3 Å². The molecule has 414 valence electrons. The first-order chi connectivity index (χ1) is 36.0. The van der Waals surface area contributed by atoms with Crippen molar-refractivity contribution in [2.45, 2.75) is 114 Å². The quantitative estimate of drug-likeness (QED) is 0.0147. The van der Waals surface area contributed by atoms with E-state index in [4.69, 9.17) is 22.9 Å². The number of carbonyl (C=O) groups is 8. The molecule has 1 heterocycles. The number of fused-ring (bicyclic) bond motifs is 1. The van der Waals surface area contributed by atoms with E-state index in [0.29, 0.717) is 33.2 Å². The second-order valence-electron chi connectivity index (χ2n) is 18.5. The highest BCUT2D eigenvalue weighted by molar-refractivity contribution is 14.1. The third kappa shape index (κ3) is 18.7. The van der Waals surface area contributed by atoms with Gasteiger partial charge in [0.2, 0.25) is 47.3 Å². The molecule has 3 aromatic carbocycles. The summed E-state index contributed by atoms with van der Waals surface area (Å²) >= 11 is 12.5. The summed E-state index contributed by atoms with van der Waals surface area (Å²) in [6.07, 6.45) is 1.05. The van der Waals surface area contributed by atoms with Crippen LogP contribution in [0.15, 0.2) is 66.9 Å². The number of amides is 8. The van der Waals surface area contributed by atoms with Crippen LogP contribution in [-0.4, -0.2) is 135 Å². The number of anilines is 1. The molecular weight excluding hydrogens is 1250 g/mol. The molecule has 0 radical (unpaired) electrons. The Labute approximate surface area is 478 Å². The molecule has 0 aliphatic carbocycles. The third-order valence-corrected chi connectivity index (χ3v) is 14.7. The predicted molar refractivity (Wildman–Crippen MR) is 312 cm³/mol. The van der Waals surface area contributed by atoms with Gasteiger partial charge in [0.05, 0.1) is 15.7 Å². The van der Waals surface area contributed by atoms with E-state index in [1.165, 1.54) is 13.0 Å². The largest absolute Gasteiger partial charge is 0.507 e. The second kappa shape index (κ2) is 30.5. The Kier molecular flexibility index (Phi) is 25.4. The summed E-state index contributed by atoms with van der Waals surface area (Å²) in [5, 5.41) is 39.5. The number of hydrogen-bond donors (Lipinski definition) is 16. The van der Waals surface area contributed by atoms with Crippen molar-refractivity contribution in [3.8, 4) is 5.75 Å². The number of thiol groups is 2. The van der Waals surface area contributed by atoms with Crippen molar-refractivity contribution in [2.75, 3.05) is 23.8 Å². The summed E-state index contributed by atoms with van der Waals surface area (Å²) < 4.78 is 1.23. The zero-order valence-electron chi connectivity index (χ0n) is 42.1. The zero-order valence-corrected chi connectivity index (χ0v) is 48.2. The number of aliphatic hydroxyl groups is 1. The van der Waals surface area contributed by atoms with Crippen molar-refractivity contribution in [3.63, 3.8) is 0 Å². The number of phenols is 1. The number of nitrogens with two attached hydrogens (primary N) is 4. The van der Waals surface area contributed by atoms with Crippen LogP contribution in [0.25, 0.3) is 10.9 Å². The van der Waals surface area contributed by atoms with Crippen LogP contribution < -0.4 is 60.2 Å². The standard InChI is InChI=1S/C50H68I2N12O10S2/c1-24(2)41(50(74)62-39(23-76)49(73)64-42(25(3)65)43(56)67)63-45(69)35(10-6-7-15-53)58-47(71)37(20-28-21-57-34-9-5-4-8-29(28)34)60-46(70)36(19-27-12-14-40(66)31(52)17-27)59-48(72)38(22-75)61-44(68)33(55)18-26-11-13-32(54)30(51)16-26/h4-5,8-9,11-14,16-17,21,24-25,33,35-39,41-42,57,65-66,75-76H,6-7,10,15,18-20,22-23,53-55H2,1-3H3,(H2,56,67)(H,58,71)(H,59,72)(H,60,70)(H,61,68)(H,62,74)(H,63,69)(H,64,73)/t25-,33-,35+,36+,37-,38+,39+,41+,42+/m1/s1. The van der Waals surface area contributed by atoms with Gasteiger partial charge in [0.1, 0.15) is 48.0 Å². The first kappa shape index (κ1) is 63.1. The molecule has 8 amide bonds. The third-order valence-electron chi connectivity index (χ3n) is 12.2. The number of aliphatic hydroxyl groups excluding tert-OH is 1. The normalized spacial score (nSPS) is 14.9. The molecule has 1 aromatic heterocycles. The number of primary amides is 1. The number of aromatic nitrogens is 1. The Morgan fingerprint density at radius 3 is 1.72 bits per heavy atom. The minimum atomic E-state index is -1.46. The zero-order chi connectivity index (χ0) is 56.4. The van der Waals surface area contributed by atoms with Gasteiger partial charge in [-0.1, -0.05) is 44.2 Å². The Hall–Kier alpha value is -5.40.